The largest absolute Gasteiger partial charge is 0.508 e. The molecule has 2 heterocycles. The van der Waals surface area contributed by atoms with Gasteiger partial charge in [-0.05, 0) is 35.7 Å². The van der Waals surface area contributed by atoms with E-state index in [1.54, 1.807) is 70.4 Å². The number of hydrazine groups is 1. The summed E-state index contributed by atoms with van der Waals surface area (Å²) in [7, 11) is 3.11. The van der Waals surface area contributed by atoms with Crippen molar-refractivity contribution in [3.63, 3.8) is 0 Å². The van der Waals surface area contributed by atoms with Crippen LogP contribution in [0.25, 0.3) is 0 Å². The fourth-order valence-corrected chi connectivity index (χ4v) is 6.05. The van der Waals surface area contributed by atoms with Crippen molar-refractivity contribution in [3.8, 4) is 17.2 Å². The first-order valence-corrected chi connectivity index (χ1v) is 14.6. The fourth-order valence-electron chi connectivity index (χ4n) is 6.05. The molecule has 10 nitrogen and oxygen atoms in total. The Hall–Kier alpha value is -4.83. The summed E-state index contributed by atoms with van der Waals surface area (Å²) in [4.78, 5) is 45.3. The number of amides is 3. The third kappa shape index (κ3) is 6.40. The van der Waals surface area contributed by atoms with E-state index in [2.05, 4.69) is 6.58 Å². The molecule has 3 aromatic carbocycles. The van der Waals surface area contributed by atoms with Crippen LogP contribution < -0.4 is 9.47 Å². The second-order valence-corrected chi connectivity index (χ2v) is 10.9. The molecule has 0 unspecified atom stereocenters. The smallest absolute Gasteiger partial charge is 0.246 e. The van der Waals surface area contributed by atoms with Crippen LogP contribution in [0.3, 0.4) is 0 Å². The Morgan fingerprint density at radius 2 is 1.73 bits per heavy atom. The summed E-state index contributed by atoms with van der Waals surface area (Å²) in [5.41, 5.74) is 2.56. The minimum Gasteiger partial charge on any atom is -0.508 e. The highest BCUT2D eigenvalue weighted by molar-refractivity contribution is 5.92. The number of carbonyl (C=O) groups excluding carboxylic acids is 3. The minimum atomic E-state index is -0.863. The Morgan fingerprint density at radius 3 is 2.41 bits per heavy atom. The molecule has 2 saturated heterocycles. The van der Waals surface area contributed by atoms with Gasteiger partial charge in [0, 0.05) is 31.5 Å². The molecule has 0 radical (unpaired) electrons. The van der Waals surface area contributed by atoms with E-state index in [1.807, 2.05) is 42.5 Å². The van der Waals surface area contributed by atoms with E-state index in [1.165, 1.54) is 0 Å². The second-order valence-electron chi connectivity index (χ2n) is 10.9. The molecule has 2 atom stereocenters. The van der Waals surface area contributed by atoms with Crippen molar-refractivity contribution in [1.82, 2.24) is 19.8 Å². The first kappa shape index (κ1) is 30.6. The molecular formula is C34H38N4O6. The molecule has 0 spiro atoms. The number of phenols is 1. The van der Waals surface area contributed by atoms with E-state index in [-0.39, 0.29) is 55.9 Å². The Morgan fingerprint density at radius 1 is 0.977 bits per heavy atom. The number of phenolic OH excluding ortho intramolecular Hbond substituents is 1. The second kappa shape index (κ2) is 13.6. The molecule has 1 N–H and O–H groups in total. The van der Waals surface area contributed by atoms with Gasteiger partial charge in [0.05, 0.1) is 27.3 Å². The van der Waals surface area contributed by atoms with Crippen LogP contribution in [-0.2, 0) is 33.8 Å². The van der Waals surface area contributed by atoms with Crippen molar-refractivity contribution in [2.24, 2.45) is 0 Å². The van der Waals surface area contributed by atoms with E-state index in [0.29, 0.717) is 24.5 Å². The number of carbonyl (C=O) groups is 3. The minimum absolute atomic E-state index is 0.0529. The van der Waals surface area contributed by atoms with Gasteiger partial charge in [-0.15, -0.1) is 6.58 Å². The van der Waals surface area contributed by atoms with E-state index >= 15 is 0 Å². The highest BCUT2D eigenvalue weighted by atomic mass is 16.5. The van der Waals surface area contributed by atoms with Crippen LogP contribution in [0, 0.1) is 0 Å². The summed E-state index contributed by atoms with van der Waals surface area (Å²) in [5.74, 6) is 0.553. The zero-order valence-electron chi connectivity index (χ0n) is 25.1. The molecule has 2 fully saturated rings. The molecule has 0 saturated carbocycles. The maximum Gasteiger partial charge on any atom is 0.246 e. The van der Waals surface area contributed by atoms with E-state index in [4.69, 9.17) is 9.47 Å². The molecule has 0 aliphatic carbocycles. The first-order valence-electron chi connectivity index (χ1n) is 14.6. The number of hydrogen-bond donors (Lipinski definition) is 1. The molecule has 2 aliphatic rings. The van der Waals surface area contributed by atoms with Crippen LogP contribution in [0.15, 0.2) is 85.5 Å². The first-order chi connectivity index (χ1) is 21.3. The molecule has 0 bridgehead atoms. The van der Waals surface area contributed by atoms with Gasteiger partial charge in [0.2, 0.25) is 17.7 Å². The predicted octanol–water partition coefficient (Wildman–Crippen LogP) is 3.40. The normalized spacial score (nSPS) is 18.6. The Bertz CT molecular complexity index is 1500. The van der Waals surface area contributed by atoms with Crippen LogP contribution in [0.5, 0.6) is 17.2 Å². The summed E-state index contributed by atoms with van der Waals surface area (Å²) in [6, 6.07) is 21.0. The number of methoxy groups -OCH3 is 2. The summed E-state index contributed by atoms with van der Waals surface area (Å²) in [6.45, 7) is 4.40. The number of piperazine rings is 1. The summed E-state index contributed by atoms with van der Waals surface area (Å²) >= 11 is 0. The van der Waals surface area contributed by atoms with Crippen molar-refractivity contribution < 1.29 is 29.0 Å². The lowest BCUT2D eigenvalue weighted by Crippen LogP contribution is -2.75. The summed E-state index contributed by atoms with van der Waals surface area (Å²) in [6.07, 6.45) is 1.94. The monoisotopic (exact) mass is 598 g/mol. The maximum absolute atomic E-state index is 14.2. The lowest BCUT2D eigenvalue weighted by atomic mass is 9.98. The van der Waals surface area contributed by atoms with Gasteiger partial charge in [-0.25, -0.2) is 10.0 Å². The number of benzene rings is 3. The Kier molecular flexibility index (Phi) is 9.50. The highest BCUT2D eigenvalue weighted by Crippen LogP contribution is 2.34. The van der Waals surface area contributed by atoms with Gasteiger partial charge in [0.15, 0.2) is 11.5 Å². The molecule has 2 aliphatic heterocycles. The molecular weight excluding hydrogens is 560 g/mol. The van der Waals surface area contributed by atoms with Crippen molar-refractivity contribution in [2.45, 2.75) is 38.0 Å². The van der Waals surface area contributed by atoms with Gasteiger partial charge in [0.1, 0.15) is 18.0 Å². The summed E-state index contributed by atoms with van der Waals surface area (Å²) < 4.78 is 11.1. The molecule has 3 amide bonds. The van der Waals surface area contributed by atoms with Crippen LogP contribution in [0.2, 0.25) is 0 Å². The maximum atomic E-state index is 14.2. The van der Waals surface area contributed by atoms with Crippen molar-refractivity contribution in [3.05, 3.63) is 102 Å². The van der Waals surface area contributed by atoms with Gasteiger partial charge in [0.25, 0.3) is 0 Å². The number of aromatic hydroxyl groups is 1. The lowest BCUT2D eigenvalue weighted by molar-refractivity contribution is -0.205. The quantitative estimate of drug-likeness (QED) is 0.338. The molecule has 0 aromatic heterocycles. The summed E-state index contributed by atoms with van der Waals surface area (Å²) in [5, 5.41) is 13.2. The Labute approximate surface area is 257 Å². The molecule has 3 aromatic rings. The van der Waals surface area contributed by atoms with Crippen LogP contribution in [0.1, 0.15) is 23.1 Å². The number of fused-ring (bicyclic) bond motifs is 1. The van der Waals surface area contributed by atoms with Crippen LogP contribution >= 0.6 is 0 Å². The van der Waals surface area contributed by atoms with Crippen molar-refractivity contribution >= 4 is 17.7 Å². The van der Waals surface area contributed by atoms with Gasteiger partial charge in [-0.2, -0.15) is 0 Å². The number of nitrogens with zero attached hydrogens (tertiary/aromatic N) is 4. The number of para-hydroxylation sites is 1. The average molecular weight is 599 g/mol. The van der Waals surface area contributed by atoms with Gasteiger partial charge in [-0.1, -0.05) is 60.7 Å². The number of rotatable bonds is 11. The topological polar surface area (TPSA) is 103 Å². The van der Waals surface area contributed by atoms with Gasteiger partial charge in [-0.3, -0.25) is 14.4 Å². The highest BCUT2D eigenvalue weighted by Gasteiger charge is 2.51. The Balaban J connectivity index is 1.52. The van der Waals surface area contributed by atoms with E-state index in [0.717, 1.165) is 16.7 Å². The van der Waals surface area contributed by atoms with Crippen molar-refractivity contribution in [2.75, 3.05) is 33.9 Å². The molecule has 5 rings (SSSR count). The lowest BCUT2D eigenvalue weighted by Gasteiger charge is -2.55. The molecule has 10 heteroatoms. The SMILES string of the molecule is C=CCN1CC(=O)N2[C@@H](Cc3ccc(O)cc3)C(=O)N(Cc3cccc(OC)c3OC)C[C@@H]2N1C(=O)CCc1ccccc1. The van der Waals surface area contributed by atoms with Crippen LogP contribution in [0.4, 0.5) is 0 Å². The van der Waals surface area contributed by atoms with Gasteiger partial charge < -0.3 is 24.4 Å². The number of aryl methyl sites for hydroxylation is 1. The fraction of sp³-hybridized carbons (Fsp3) is 0.324. The van der Waals surface area contributed by atoms with Crippen molar-refractivity contribution in [1.29, 1.82) is 0 Å². The molecule has 44 heavy (non-hydrogen) atoms. The van der Waals surface area contributed by atoms with Crippen LogP contribution in [-0.4, -0.2) is 88.7 Å². The number of ether oxygens (including phenoxy) is 2. The van der Waals surface area contributed by atoms with Gasteiger partial charge >= 0.3 is 0 Å². The molecule has 230 valence electrons. The predicted molar refractivity (Wildman–Crippen MR) is 165 cm³/mol. The third-order valence-corrected chi connectivity index (χ3v) is 8.11. The van der Waals surface area contributed by atoms with E-state index in [9.17, 15) is 19.5 Å². The third-order valence-electron chi connectivity index (χ3n) is 8.11. The standard InChI is InChI=1S/C34H38N4O6/c1-4-19-36-23-32(41)37-28(20-25-13-16-27(39)17-14-25)34(42)35(21-26-11-8-12-29(43-2)33(26)44-3)22-30(37)38(36)31(40)18-15-24-9-6-5-7-10-24/h4-14,16-17,28,30,39H,1,15,18-23H2,2-3H3/t28-,30-/m0/s1. The average Bonchev–Trinajstić information content (AvgIpc) is 3.03. The zero-order valence-corrected chi connectivity index (χ0v) is 25.1. The zero-order chi connectivity index (χ0) is 31.2. The number of hydrogen-bond acceptors (Lipinski definition) is 7. The van der Waals surface area contributed by atoms with E-state index < -0.39 is 12.2 Å².